The molecule has 1 atom stereocenters. The Labute approximate surface area is 146 Å². The molecule has 6 heteroatoms. The number of carbonyl (C=O) groups is 2. The lowest BCUT2D eigenvalue weighted by Crippen LogP contribution is -2.54. The number of amides is 2. The SMILES string of the molecule is CC12CC(C(=O)N3CCCC(c4cccc(C(N)=O)c4F)C3)(CO1)C2. The van der Waals surface area contributed by atoms with Gasteiger partial charge in [0.1, 0.15) is 5.82 Å². The second kappa shape index (κ2) is 5.53. The zero-order valence-electron chi connectivity index (χ0n) is 14.4. The van der Waals surface area contributed by atoms with E-state index in [1.54, 1.807) is 12.1 Å². The number of nitrogens with two attached hydrogens (primary N) is 1. The Kier molecular flexibility index (Phi) is 3.65. The largest absolute Gasteiger partial charge is 0.374 e. The summed E-state index contributed by atoms with van der Waals surface area (Å²) >= 11 is 0. The second-order valence-corrected chi connectivity index (χ2v) is 8.04. The van der Waals surface area contributed by atoms with E-state index < -0.39 is 11.7 Å². The lowest BCUT2D eigenvalue weighted by molar-refractivity contribution is -0.147. The van der Waals surface area contributed by atoms with Crippen LogP contribution in [0.5, 0.6) is 0 Å². The molecular weight excluding hydrogens is 323 g/mol. The van der Waals surface area contributed by atoms with E-state index in [1.807, 2.05) is 4.90 Å². The summed E-state index contributed by atoms with van der Waals surface area (Å²) in [5, 5.41) is 0. The number of primary amides is 1. The number of likely N-dealkylation sites (tertiary alicyclic amines) is 1. The van der Waals surface area contributed by atoms with Crippen molar-refractivity contribution in [2.45, 2.75) is 44.1 Å². The van der Waals surface area contributed by atoms with E-state index >= 15 is 0 Å². The van der Waals surface area contributed by atoms with Gasteiger partial charge in [-0.15, -0.1) is 0 Å². The van der Waals surface area contributed by atoms with Crippen molar-refractivity contribution in [3.63, 3.8) is 0 Å². The summed E-state index contributed by atoms with van der Waals surface area (Å²) in [6.45, 7) is 3.73. The number of nitrogens with zero attached hydrogens (tertiary/aromatic N) is 1. The monoisotopic (exact) mass is 346 g/mol. The Bertz CT molecular complexity index is 742. The van der Waals surface area contributed by atoms with Gasteiger partial charge in [0.05, 0.1) is 23.2 Å². The van der Waals surface area contributed by atoms with Crippen LogP contribution in [0.1, 0.15) is 54.4 Å². The third kappa shape index (κ3) is 2.54. The molecule has 4 aliphatic rings. The van der Waals surface area contributed by atoms with E-state index in [2.05, 4.69) is 6.92 Å². The van der Waals surface area contributed by atoms with Crippen molar-refractivity contribution < 1.29 is 18.7 Å². The number of hydrogen-bond acceptors (Lipinski definition) is 3. The second-order valence-electron chi connectivity index (χ2n) is 8.04. The van der Waals surface area contributed by atoms with Crippen LogP contribution in [0.25, 0.3) is 0 Å². The molecule has 1 saturated carbocycles. The summed E-state index contributed by atoms with van der Waals surface area (Å²) in [4.78, 5) is 26.3. The summed E-state index contributed by atoms with van der Waals surface area (Å²) in [7, 11) is 0. The average molecular weight is 346 g/mol. The minimum atomic E-state index is -0.765. The van der Waals surface area contributed by atoms with Gasteiger partial charge in [0, 0.05) is 19.0 Å². The first-order valence-corrected chi connectivity index (χ1v) is 8.85. The predicted molar refractivity (Wildman–Crippen MR) is 89.5 cm³/mol. The van der Waals surface area contributed by atoms with Crippen molar-refractivity contribution in [3.8, 4) is 0 Å². The zero-order chi connectivity index (χ0) is 17.8. The third-order valence-corrected chi connectivity index (χ3v) is 6.02. The van der Waals surface area contributed by atoms with Crippen LogP contribution in [0, 0.1) is 11.2 Å². The summed E-state index contributed by atoms with van der Waals surface area (Å²) in [5.41, 5.74) is 5.14. The molecule has 1 aromatic rings. The van der Waals surface area contributed by atoms with Crippen molar-refractivity contribution in [1.82, 2.24) is 4.90 Å². The summed E-state index contributed by atoms with van der Waals surface area (Å²) in [6.07, 6.45) is 3.19. The number of halogens is 1. The van der Waals surface area contributed by atoms with Crippen molar-refractivity contribution >= 4 is 11.8 Å². The quantitative estimate of drug-likeness (QED) is 0.912. The summed E-state index contributed by atoms with van der Waals surface area (Å²) < 4.78 is 20.4. The first-order chi connectivity index (χ1) is 11.8. The maximum atomic E-state index is 14.6. The van der Waals surface area contributed by atoms with Crippen molar-refractivity contribution in [2.75, 3.05) is 19.7 Å². The van der Waals surface area contributed by atoms with E-state index in [4.69, 9.17) is 10.5 Å². The zero-order valence-corrected chi connectivity index (χ0v) is 14.4. The molecule has 25 heavy (non-hydrogen) atoms. The van der Waals surface area contributed by atoms with Gasteiger partial charge in [-0.05, 0) is 44.2 Å². The highest BCUT2D eigenvalue weighted by Crippen LogP contribution is 2.58. The highest BCUT2D eigenvalue weighted by molar-refractivity contribution is 5.93. The number of hydrogen-bond donors (Lipinski definition) is 1. The highest BCUT2D eigenvalue weighted by Gasteiger charge is 2.64. The maximum Gasteiger partial charge on any atom is 0.251 e. The molecule has 2 amide bonds. The van der Waals surface area contributed by atoms with Crippen LogP contribution in [-0.2, 0) is 9.53 Å². The van der Waals surface area contributed by atoms with Crippen LogP contribution in [0.2, 0.25) is 0 Å². The van der Waals surface area contributed by atoms with E-state index in [9.17, 15) is 14.0 Å². The summed E-state index contributed by atoms with van der Waals surface area (Å²) in [6, 6.07) is 4.74. The van der Waals surface area contributed by atoms with Gasteiger partial charge in [0.2, 0.25) is 5.91 Å². The fraction of sp³-hybridized carbons (Fsp3) is 0.579. The van der Waals surface area contributed by atoms with E-state index in [0.717, 1.165) is 25.7 Å². The van der Waals surface area contributed by atoms with Crippen LogP contribution >= 0.6 is 0 Å². The van der Waals surface area contributed by atoms with Crippen LogP contribution in [0.4, 0.5) is 4.39 Å². The Morgan fingerprint density at radius 2 is 2.12 bits per heavy atom. The van der Waals surface area contributed by atoms with Crippen LogP contribution in [-0.4, -0.2) is 42.0 Å². The lowest BCUT2D eigenvalue weighted by Gasteiger charge is -2.45. The van der Waals surface area contributed by atoms with Crippen LogP contribution in [0.3, 0.4) is 0 Å². The molecule has 0 radical (unpaired) electrons. The van der Waals surface area contributed by atoms with Gasteiger partial charge >= 0.3 is 0 Å². The molecule has 4 fully saturated rings. The molecule has 2 bridgehead atoms. The number of rotatable bonds is 3. The molecule has 3 heterocycles. The molecule has 5 rings (SSSR count). The minimum absolute atomic E-state index is 0.0847. The average Bonchev–Trinajstić information content (AvgIpc) is 3.08. The molecule has 1 aliphatic carbocycles. The van der Waals surface area contributed by atoms with Crippen LogP contribution in [0.15, 0.2) is 18.2 Å². The van der Waals surface area contributed by atoms with Gasteiger partial charge in [-0.2, -0.15) is 0 Å². The molecule has 5 nitrogen and oxygen atoms in total. The first kappa shape index (κ1) is 16.5. The molecular formula is C19H23FN2O3. The van der Waals surface area contributed by atoms with Crippen molar-refractivity contribution in [1.29, 1.82) is 0 Å². The molecule has 3 aliphatic heterocycles. The third-order valence-electron chi connectivity index (χ3n) is 6.02. The standard InChI is InChI=1S/C19H23FN2O3/c1-18-9-19(10-18,11-25-18)17(24)22-7-3-4-12(8-22)13-5-2-6-14(15(13)20)16(21)23/h2,5-6,12H,3-4,7-11H2,1H3,(H2,21,23). The highest BCUT2D eigenvalue weighted by atomic mass is 19.1. The van der Waals surface area contributed by atoms with Crippen molar-refractivity contribution in [2.24, 2.45) is 11.1 Å². The number of carbonyl (C=O) groups excluding carboxylic acids is 2. The van der Waals surface area contributed by atoms with Gasteiger partial charge in [-0.1, -0.05) is 12.1 Å². The Morgan fingerprint density at radius 1 is 1.36 bits per heavy atom. The fourth-order valence-electron chi connectivity index (χ4n) is 4.92. The topological polar surface area (TPSA) is 72.6 Å². The summed E-state index contributed by atoms with van der Waals surface area (Å²) in [5.74, 6) is -1.28. The number of benzene rings is 1. The maximum absolute atomic E-state index is 14.6. The first-order valence-electron chi connectivity index (χ1n) is 8.85. The number of fused-ring (bicyclic) bond motifs is 1. The molecule has 1 unspecified atom stereocenters. The van der Waals surface area contributed by atoms with Gasteiger partial charge in [-0.3, -0.25) is 9.59 Å². The van der Waals surface area contributed by atoms with Crippen molar-refractivity contribution in [3.05, 3.63) is 35.1 Å². The van der Waals surface area contributed by atoms with Crippen LogP contribution < -0.4 is 5.73 Å². The van der Waals surface area contributed by atoms with E-state index in [-0.39, 0.29) is 28.4 Å². The minimum Gasteiger partial charge on any atom is -0.374 e. The Balaban J connectivity index is 1.53. The Morgan fingerprint density at radius 3 is 2.76 bits per heavy atom. The van der Waals surface area contributed by atoms with Gasteiger partial charge < -0.3 is 15.4 Å². The van der Waals surface area contributed by atoms with E-state index in [1.165, 1.54) is 6.07 Å². The smallest absolute Gasteiger partial charge is 0.251 e. The lowest BCUT2D eigenvalue weighted by atomic mass is 9.62. The normalized spacial score (nSPS) is 33.8. The van der Waals surface area contributed by atoms with Gasteiger partial charge in [-0.25, -0.2) is 4.39 Å². The molecule has 0 spiro atoms. The van der Waals surface area contributed by atoms with Gasteiger partial charge in [0.15, 0.2) is 0 Å². The number of piperidine rings is 1. The van der Waals surface area contributed by atoms with Gasteiger partial charge in [0.25, 0.3) is 5.91 Å². The Hall–Kier alpha value is -1.95. The molecule has 2 N–H and O–H groups in total. The number of ether oxygens (including phenoxy) is 1. The predicted octanol–water partition coefficient (Wildman–Crippen LogP) is 2.20. The fourth-order valence-corrected chi connectivity index (χ4v) is 4.92. The molecule has 1 aromatic carbocycles. The molecule has 0 aromatic heterocycles. The molecule has 134 valence electrons. The molecule has 3 saturated heterocycles. The van der Waals surface area contributed by atoms with E-state index in [0.29, 0.717) is 25.3 Å².